The zero-order chi connectivity index (χ0) is 14.0. The van der Waals surface area contributed by atoms with Gasteiger partial charge in [0.05, 0.1) is 15.1 Å². The van der Waals surface area contributed by atoms with E-state index >= 15 is 0 Å². The predicted octanol–water partition coefficient (Wildman–Crippen LogP) is 4.54. The highest BCUT2D eigenvalue weighted by Crippen LogP contribution is 2.22. The molecule has 0 fully saturated rings. The minimum atomic E-state index is -0.468. The third kappa shape index (κ3) is 3.43. The molecule has 1 aromatic carbocycles. The smallest absolute Gasteiger partial charge is 0.257 e. The molecule has 3 nitrogen and oxygen atoms in total. The van der Waals surface area contributed by atoms with E-state index in [0.717, 1.165) is 0 Å². The molecule has 0 atom stereocenters. The first-order valence-corrected chi connectivity index (χ1v) is 6.59. The van der Waals surface area contributed by atoms with E-state index in [1.54, 1.807) is 6.07 Å². The molecular formula is C12H6BrCl2FN2O. The normalized spacial score (nSPS) is 10.3. The summed E-state index contributed by atoms with van der Waals surface area (Å²) in [6, 6.07) is 5.66. The Bertz CT molecular complexity index is 652. The number of nitrogens with zero attached hydrogens (tertiary/aromatic N) is 1. The third-order valence-electron chi connectivity index (χ3n) is 2.24. The van der Waals surface area contributed by atoms with E-state index < -0.39 is 11.7 Å². The van der Waals surface area contributed by atoms with Crippen LogP contribution in [0.5, 0.6) is 0 Å². The van der Waals surface area contributed by atoms with Crippen LogP contribution in [0.4, 0.5) is 10.1 Å². The van der Waals surface area contributed by atoms with Gasteiger partial charge in [-0.15, -0.1) is 0 Å². The minimum absolute atomic E-state index is 0.118. The number of rotatable bonds is 2. The van der Waals surface area contributed by atoms with Crippen molar-refractivity contribution in [3.8, 4) is 0 Å². The summed E-state index contributed by atoms with van der Waals surface area (Å²) in [6.07, 6.45) is 1.29. The monoisotopic (exact) mass is 362 g/mol. The van der Waals surface area contributed by atoms with Crippen molar-refractivity contribution >= 4 is 50.7 Å². The van der Waals surface area contributed by atoms with E-state index in [2.05, 4.69) is 26.2 Å². The van der Waals surface area contributed by atoms with Gasteiger partial charge in [-0.05, 0) is 40.2 Å². The summed E-state index contributed by atoms with van der Waals surface area (Å²) in [7, 11) is 0. The molecule has 1 N–H and O–H groups in total. The van der Waals surface area contributed by atoms with E-state index in [-0.39, 0.29) is 15.7 Å². The lowest BCUT2D eigenvalue weighted by atomic mass is 10.2. The van der Waals surface area contributed by atoms with Gasteiger partial charge in [0.15, 0.2) is 0 Å². The van der Waals surface area contributed by atoms with Crippen LogP contribution in [-0.4, -0.2) is 10.9 Å². The summed E-state index contributed by atoms with van der Waals surface area (Å²) >= 11 is 14.4. The molecule has 98 valence electrons. The van der Waals surface area contributed by atoms with Crippen LogP contribution in [0.3, 0.4) is 0 Å². The van der Waals surface area contributed by atoms with Crippen molar-refractivity contribution in [1.29, 1.82) is 0 Å². The van der Waals surface area contributed by atoms with E-state index in [9.17, 15) is 9.18 Å². The Labute approximate surface area is 126 Å². The van der Waals surface area contributed by atoms with E-state index in [4.69, 9.17) is 23.2 Å². The summed E-state index contributed by atoms with van der Waals surface area (Å²) in [5, 5.41) is 2.83. The SMILES string of the molecule is O=C(Nc1ccc(Br)c(F)c1)c1cnc(Cl)c(Cl)c1. The number of halogens is 4. The molecular weight excluding hydrogens is 358 g/mol. The molecule has 0 aliphatic rings. The number of benzene rings is 1. The van der Waals surface area contributed by atoms with Crippen LogP contribution < -0.4 is 5.32 Å². The van der Waals surface area contributed by atoms with Gasteiger partial charge in [0, 0.05) is 11.9 Å². The lowest BCUT2D eigenvalue weighted by Crippen LogP contribution is -2.12. The van der Waals surface area contributed by atoms with E-state index in [0.29, 0.717) is 10.2 Å². The molecule has 0 spiro atoms. The highest BCUT2D eigenvalue weighted by atomic mass is 79.9. The molecule has 1 amide bonds. The number of carbonyl (C=O) groups is 1. The Morgan fingerprint density at radius 3 is 2.68 bits per heavy atom. The molecule has 2 rings (SSSR count). The fourth-order valence-electron chi connectivity index (χ4n) is 1.32. The van der Waals surface area contributed by atoms with E-state index in [1.807, 2.05) is 0 Å². The second-order valence-electron chi connectivity index (χ2n) is 3.58. The zero-order valence-electron chi connectivity index (χ0n) is 9.25. The highest BCUT2D eigenvalue weighted by Gasteiger charge is 2.10. The van der Waals surface area contributed by atoms with Gasteiger partial charge >= 0.3 is 0 Å². The maximum atomic E-state index is 13.3. The molecule has 2 aromatic rings. The molecule has 0 saturated carbocycles. The Balaban J connectivity index is 2.20. The molecule has 0 saturated heterocycles. The predicted molar refractivity (Wildman–Crippen MR) is 76.3 cm³/mol. The lowest BCUT2D eigenvalue weighted by Gasteiger charge is -2.06. The Kier molecular flexibility index (Phi) is 4.39. The van der Waals surface area contributed by atoms with Crippen molar-refractivity contribution in [3.05, 3.63) is 56.5 Å². The molecule has 0 radical (unpaired) electrons. The summed E-state index contributed by atoms with van der Waals surface area (Å²) in [5.41, 5.74) is 0.564. The van der Waals surface area contributed by atoms with Crippen LogP contribution in [0, 0.1) is 5.82 Å². The van der Waals surface area contributed by atoms with Crippen LogP contribution in [0.2, 0.25) is 10.2 Å². The Morgan fingerprint density at radius 2 is 2.05 bits per heavy atom. The number of pyridine rings is 1. The summed E-state index contributed by atoms with van der Waals surface area (Å²) in [6.45, 7) is 0. The fourth-order valence-corrected chi connectivity index (χ4v) is 1.84. The molecule has 0 aliphatic heterocycles. The molecule has 0 unspecified atom stereocenters. The van der Waals surface area contributed by atoms with Crippen molar-refractivity contribution in [2.75, 3.05) is 5.32 Å². The maximum absolute atomic E-state index is 13.3. The minimum Gasteiger partial charge on any atom is -0.322 e. The first kappa shape index (κ1) is 14.2. The topological polar surface area (TPSA) is 42.0 Å². The molecule has 0 aliphatic carbocycles. The standard InChI is InChI=1S/C12H6BrCl2FN2O/c13-8-2-1-7(4-10(8)16)18-12(19)6-3-9(14)11(15)17-5-6/h1-5H,(H,18,19). The van der Waals surface area contributed by atoms with Gasteiger partial charge in [-0.25, -0.2) is 9.37 Å². The number of hydrogen-bond donors (Lipinski definition) is 1. The largest absolute Gasteiger partial charge is 0.322 e. The average Bonchev–Trinajstić information content (AvgIpc) is 2.37. The Morgan fingerprint density at radius 1 is 1.32 bits per heavy atom. The first-order valence-electron chi connectivity index (χ1n) is 5.05. The number of carbonyl (C=O) groups excluding carboxylic acids is 1. The second-order valence-corrected chi connectivity index (χ2v) is 5.20. The number of hydrogen-bond acceptors (Lipinski definition) is 2. The highest BCUT2D eigenvalue weighted by molar-refractivity contribution is 9.10. The molecule has 7 heteroatoms. The van der Waals surface area contributed by atoms with Crippen molar-refractivity contribution in [3.63, 3.8) is 0 Å². The molecule has 0 bridgehead atoms. The van der Waals surface area contributed by atoms with Crippen LogP contribution in [0.1, 0.15) is 10.4 Å². The first-order chi connectivity index (χ1) is 8.97. The van der Waals surface area contributed by atoms with Gasteiger partial charge in [-0.2, -0.15) is 0 Å². The number of anilines is 1. The van der Waals surface area contributed by atoms with Crippen molar-refractivity contribution < 1.29 is 9.18 Å². The Hall–Kier alpha value is -1.17. The van der Waals surface area contributed by atoms with E-state index in [1.165, 1.54) is 24.4 Å². The molecule has 1 heterocycles. The number of aromatic nitrogens is 1. The maximum Gasteiger partial charge on any atom is 0.257 e. The van der Waals surface area contributed by atoms with Crippen LogP contribution >= 0.6 is 39.1 Å². The van der Waals surface area contributed by atoms with Gasteiger partial charge in [-0.1, -0.05) is 23.2 Å². The van der Waals surface area contributed by atoms with Crippen molar-refractivity contribution in [1.82, 2.24) is 4.98 Å². The molecule has 19 heavy (non-hydrogen) atoms. The van der Waals surface area contributed by atoms with Crippen LogP contribution in [-0.2, 0) is 0 Å². The van der Waals surface area contributed by atoms with Crippen LogP contribution in [0.25, 0.3) is 0 Å². The summed E-state index contributed by atoms with van der Waals surface area (Å²) < 4.78 is 13.6. The number of nitrogens with one attached hydrogen (secondary N) is 1. The number of amides is 1. The van der Waals surface area contributed by atoms with Gasteiger partial charge in [0.1, 0.15) is 11.0 Å². The lowest BCUT2D eigenvalue weighted by molar-refractivity contribution is 0.102. The quantitative estimate of drug-likeness (QED) is 0.795. The average molecular weight is 364 g/mol. The summed E-state index contributed by atoms with van der Waals surface area (Å²) in [5.74, 6) is -0.919. The fraction of sp³-hybridized carbons (Fsp3) is 0. The van der Waals surface area contributed by atoms with Crippen molar-refractivity contribution in [2.24, 2.45) is 0 Å². The summed E-state index contributed by atoms with van der Waals surface area (Å²) in [4.78, 5) is 15.7. The van der Waals surface area contributed by atoms with Crippen LogP contribution in [0.15, 0.2) is 34.9 Å². The molecule has 1 aromatic heterocycles. The third-order valence-corrected chi connectivity index (χ3v) is 3.57. The van der Waals surface area contributed by atoms with Crippen molar-refractivity contribution in [2.45, 2.75) is 0 Å². The zero-order valence-corrected chi connectivity index (χ0v) is 12.4. The van der Waals surface area contributed by atoms with Gasteiger partial charge in [-0.3, -0.25) is 4.79 Å². The van der Waals surface area contributed by atoms with Gasteiger partial charge in [0.25, 0.3) is 5.91 Å². The van der Waals surface area contributed by atoms with Gasteiger partial charge < -0.3 is 5.32 Å². The van der Waals surface area contributed by atoms with Gasteiger partial charge in [0.2, 0.25) is 0 Å². The second kappa shape index (κ2) is 5.86.